The monoisotopic (exact) mass is 979 g/mol. The molecule has 0 aromatic rings. The van der Waals surface area contributed by atoms with E-state index in [4.69, 9.17) is 14.2 Å². The van der Waals surface area contributed by atoms with Crippen LogP contribution in [0.15, 0.2) is 0 Å². The molecule has 0 amide bonds. The quantitative estimate of drug-likeness (QED) is 0.0368. The van der Waals surface area contributed by atoms with Gasteiger partial charge in [0, 0.05) is 19.3 Å². The summed E-state index contributed by atoms with van der Waals surface area (Å²) in [4.78, 5) is 37.3. The third kappa shape index (κ3) is 51.0. The van der Waals surface area contributed by atoms with Crippen LogP contribution in [-0.4, -0.2) is 80.6 Å². The van der Waals surface area contributed by atoms with Gasteiger partial charge in [-0.2, -0.15) is 0 Å². The molecular formula is C61H120NO7+. The number of quaternary nitrogens is 1. The first kappa shape index (κ1) is 67.3. The van der Waals surface area contributed by atoms with E-state index in [0.717, 1.165) is 38.5 Å². The summed E-state index contributed by atoms with van der Waals surface area (Å²) in [7, 11) is 5.56. The van der Waals surface area contributed by atoms with Crippen LogP contribution in [0, 0.1) is 0 Å². The fourth-order valence-electron chi connectivity index (χ4n) is 9.80. The van der Waals surface area contributed by atoms with Gasteiger partial charge in [0.25, 0.3) is 0 Å². The molecule has 0 aliphatic carbocycles. The summed E-state index contributed by atoms with van der Waals surface area (Å²) in [5, 5.41) is 9.69. The molecule has 410 valence electrons. The van der Waals surface area contributed by atoms with E-state index in [1.165, 1.54) is 250 Å². The number of carboxylic acid groups (broad SMARTS) is 1. The molecule has 0 bridgehead atoms. The molecule has 0 aliphatic rings. The smallest absolute Gasteiger partial charge is 0.362 e. The van der Waals surface area contributed by atoms with E-state index >= 15 is 0 Å². The van der Waals surface area contributed by atoms with E-state index in [0.29, 0.717) is 19.3 Å². The Hall–Kier alpha value is -1.67. The minimum Gasteiger partial charge on any atom is -0.477 e. The highest BCUT2D eigenvalue weighted by Gasteiger charge is 2.31. The van der Waals surface area contributed by atoms with Gasteiger partial charge in [-0.25, -0.2) is 4.79 Å². The number of carbonyl (C=O) groups is 3. The van der Waals surface area contributed by atoms with Crippen molar-refractivity contribution >= 4 is 17.9 Å². The Morgan fingerprint density at radius 3 is 0.899 bits per heavy atom. The second-order valence-electron chi connectivity index (χ2n) is 22.3. The molecule has 1 N–H and O–H groups in total. The molecule has 8 heteroatoms. The molecule has 0 saturated heterocycles. The maximum atomic E-state index is 12.9. The first-order chi connectivity index (χ1) is 33.6. The topological polar surface area (TPSA) is 99.1 Å². The highest BCUT2D eigenvalue weighted by Crippen LogP contribution is 2.19. The Labute approximate surface area is 429 Å². The number of hydrogen-bond donors (Lipinski definition) is 1. The molecule has 0 aliphatic heterocycles. The fraction of sp³-hybridized carbons (Fsp3) is 0.951. The van der Waals surface area contributed by atoms with E-state index in [1.54, 1.807) is 0 Å². The van der Waals surface area contributed by atoms with E-state index in [9.17, 15) is 19.5 Å². The molecule has 0 heterocycles. The third-order valence-corrected chi connectivity index (χ3v) is 14.5. The van der Waals surface area contributed by atoms with E-state index in [1.807, 2.05) is 21.1 Å². The number of carboxylic acids is 1. The van der Waals surface area contributed by atoms with Crippen molar-refractivity contribution in [2.24, 2.45) is 0 Å². The number of carbonyl (C=O) groups excluding carboxylic acids is 2. The van der Waals surface area contributed by atoms with E-state index in [2.05, 4.69) is 13.8 Å². The van der Waals surface area contributed by atoms with E-state index < -0.39 is 18.1 Å². The zero-order valence-electron chi connectivity index (χ0n) is 47.1. The first-order valence-electron chi connectivity index (χ1n) is 30.6. The van der Waals surface area contributed by atoms with Gasteiger partial charge >= 0.3 is 17.9 Å². The maximum Gasteiger partial charge on any atom is 0.362 e. The van der Waals surface area contributed by atoms with Gasteiger partial charge in [-0.15, -0.1) is 0 Å². The van der Waals surface area contributed by atoms with Crippen molar-refractivity contribution in [1.82, 2.24) is 0 Å². The lowest BCUT2D eigenvalue weighted by Gasteiger charge is -2.31. The van der Waals surface area contributed by atoms with Gasteiger partial charge in [0.15, 0.2) is 12.1 Å². The van der Waals surface area contributed by atoms with Crippen LogP contribution >= 0.6 is 0 Å². The van der Waals surface area contributed by atoms with Crippen molar-refractivity contribution in [2.75, 3.05) is 41.0 Å². The molecule has 2 unspecified atom stereocenters. The average Bonchev–Trinajstić information content (AvgIpc) is 3.31. The molecule has 69 heavy (non-hydrogen) atoms. The van der Waals surface area contributed by atoms with Crippen molar-refractivity contribution in [3.05, 3.63) is 0 Å². The van der Waals surface area contributed by atoms with Crippen LogP contribution in [-0.2, 0) is 28.6 Å². The van der Waals surface area contributed by atoms with Gasteiger partial charge in [0.1, 0.15) is 6.61 Å². The lowest BCUT2D eigenvalue weighted by Crippen LogP contribution is -2.50. The van der Waals surface area contributed by atoms with Crippen LogP contribution < -0.4 is 0 Å². The predicted molar refractivity (Wildman–Crippen MR) is 294 cm³/mol. The van der Waals surface area contributed by atoms with Crippen molar-refractivity contribution in [1.29, 1.82) is 0 Å². The number of likely N-dealkylation sites (N-methyl/N-ethyl adjacent to an activating group) is 1. The van der Waals surface area contributed by atoms with Crippen LogP contribution in [0.1, 0.15) is 322 Å². The van der Waals surface area contributed by atoms with Crippen molar-refractivity contribution in [3.8, 4) is 0 Å². The number of rotatable bonds is 57. The lowest BCUT2D eigenvalue weighted by atomic mass is 10.0. The zero-order chi connectivity index (χ0) is 50.6. The zero-order valence-corrected chi connectivity index (χ0v) is 47.1. The Bertz CT molecular complexity index is 1090. The summed E-state index contributed by atoms with van der Waals surface area (Å²) >= 11 is 0. The van der Waals surface area contributed by atoms with Crippen LogP contribution in [0.4, 0.5) is 0 Å². The van der Waals surface area contributed by atoms with Gasteiger partial charge in [-0.05, 0) is 12.8 Å². The molecule has 0 spiro atoms. The second-order valence-corrected chi connectivity index (χ2v) is 22.3. The normalized spacial score (nSPS) is 12.7. The largest absolute Gasteiger partial charge is 0.477 e. The average molecular weight is 980 g/mol. The van der Waals surface area contributed by atoms with Crippen molar-refractivity contribution in [3.63, 3.8) is 0 Å². The van der Waals surface area contributed by atoms with Crippen LogP contribution in [0.25, 0.3) is 0 Å². The molecule has 0 saturated carbocycles. The molecule has 8 nitrogen and oxygen atoms in total. The molecule has 0 radical (unpaired) electrons. The summed E-state index contributed by atoms with van der Waals surface area (Å²) in [5.74, 6) is -1.43. The van der Waals surface area contributed by atoms with E-state index in [-0.39, 0.29) is 36.2 Å². The molecule has 0 rings (SSSR count). The number of nitrogens with zero attached hydrogens (tertiary/aromatic N) is 1. The number of aliphatic carboxylic acids is 1. The molecular weight excluding hydrogens is 859 g/mol. The Morgan fingerprint density at radius 1 is 0.377 bits per heavy atom. The minimum absolute atomic E-state index is 0.0407. The SMILES string of the molecule is CCCCCCCCCCCCCCCCCCCCCCCCCC(=O)OCC(COCCC(C(=O)O)[N+](C)(C)C)OC(=O)CCCCCCCCCCCCCCCCCCCCCCCC. The number of ether oxygens (including phenoxy) is 3. The Morgan fingerprint density at radius 2 is 0.638 bits per heavy atom. The molecule has 0 aromatic heterocycles. The van der Waals surface area contributed by atoms with Gasteiger partial charge < -0.3 is 23.8 Å². The van der Waals surface area contributed by atoms with Crippen LogP contribution in [0.5, 0.6) is 0 Å². The molecule has 0 aromatic carbocycles. The molecule has 0 fully saturated rings. The van der Waals surface area contributed by atoms with Crippen molar-refractivity contribution < 1.29 is 38.2 Å². The van der Waals surface area contributed by atoms with Crippen LogP contribution in [0.3, 0.4) is 0 Å². The standard InChI is InChI=1S/C61H119NO7/c1-6-8-10-12-14-16-18-20-22-24-26-28-30-32-33-35-37-39-41-43-45-47-49-51-59(63)68-56-57(55-67-54-53-58(61(65)66)62(3,4)5)69-60(64)52-50-48-46-44-42-40-38-36-34-31-29-27-25-23-21-19-17-15-13-11-9-7-2/h57-58H,6-56H2,1-5H3/p+1. The second kappa shape index (κ2) is 52.6. The summed E-state index contributed by atoms with van der Waals surface area (Å²) in [5.41, 5.74) is 0. The summed E-state index contributed by atoms with van der Waals surface area (Å²) < 4.78 is 17.5. The summed E-state index contributed by atoms with van der Waals surface area (Å²) in [6, 6.07) is -0.610. The number of unbranched alkanes of at least 4 members (excludes halogenated alkanes) is 43. The lowest BCUT2D eigenvalue weighted by molar-refractivity contribution is -0.887. The maximum absolute atomic E-state index is 12.9. The first-order valence-corrected chi connectivity index (χ1v) is 30.6. The van der Waals surface area contributed by atoms with Gasteiger partial charge in [-0.1, -0.05) is 290 Å². The summed E-state index contributed by atoms with van der Waals surface area (Å²) in [6.07, 6.45) is 60.3. The number of hydrogen-bond acceptors (Lipinski definition) is 6. The highest BCUT2D eigenvalue weighted by molar-refractivity contribution is 5.72. The number of esters is 2. The summed E-state index contributed by atoms with van der Waals surface area (Å²) in [6.45, 7) is 4.83. The highest BCUT2D eigenvalue weighted by atomic mass is 16.6. The minimum atomic E-state index is -0.867. The Kier molecular flexibility index (Phi) is 51.4. The van der Waals surface area contributed by atoms with Crippen molar-refractivity contribution in [2.45, 2.75) is 334 Å². The van der Waals surface area contributed by atoms with Gasteiger partial charge in [0.05, 0.1) is 34.4 Å². The third-order valence-electron chi connectivity index (χ3n) is 14.5. The van der Waals surface area contributed by atoms with Crippen LogP contribution in [0.2, 0.25) is 0 Å². The predicted octanol–water partition coefficient (Wildman–Crippen LogP) is 18.4. The fourth-order valence-corrected chi connectivity index (χ4v) is 9.80. The van der Waals surface area contributed by atoms with Gasteiger partial charge in [0.2, 0.25) is 0 Å². The molecule has 2 atom stereocenters. The van der Waals surface area contributed by atoms with Gasteiger partial charge in [-0.3, -0.25) is 9.59 Å². The Balaban J connectivity index is 4.07.